The van der Waals surface area contributed by atoms with E-state index in [9.17, 15) is 43.2 Å². The van der Waals surface area contributed by atoms with E-state index in [1.807, 2.05) is 0 Å². The molecule has 0 heterocycles. The number of unbranched alkanes of at least 4 members (excludes halogenated alkanes) is 34. The van der Waals surface area contributed by atoms with Crippen LogP contribution in [0.3, 0.4) is 0 Å². The van der Waals surface area contributed by atoms with Crippen LogP contribution < -0.4 is 0 Å². The molecule has 0 bridgehead atoms. The van der Waals surface area contributed by atoms with E-state index in [2.05, 4.69) is 101 Å². The molecule has 19 heteroatoms. The number of rotatable bonds is 72. The molecule has 96 heavy (non-hydrogen) atoms. The highest BCUT2D eigenvalue weighted by molar-refractivity contribution is 7.47. The number of allylic oxidation sites excluding steroid dienone is 12. The number of aliphatic hydroxyl groups excluding tert-OH is 1. The monoisotopic (exact) mass is 1400 g/mol. The van der Waals surface area contributed by atoms with E-state index in [4.69, 9.17) is 37.0 Å². The lowest BCUT2D eigenvalue weighted by atomic mass is 10.0. The smallest absolute Gasteiger partial charge is 0.462 e. The summed E-state index contributed by atoms with van der Waals surface area (Å²) in [4.78, 5) is 72.8. The molecule has 3 N–H and O–H groups in total. The zero-order valence-electron chi connectivity index (χ0n) is 60.8. The van der Waals surface area contributed by atoms with E-state index in [-0.39, 0.29) is 25.7 Å². The predicted octanol–water partition coefficient (Wildman–Crippen LogP) is 21.7. The summed E-state index contributed by atoms with van der Waals surface area (Å²) in [6.07, 6.45) is 68.9. The fourth-order valence-electron chi connectivity index (χ4n) is 10.3. The van der Waals surface area contributed by atoms with Crippen molar-refractivity contribution in [3.63, 3.8) is 0 Å². The van der Waals surface area contributed by atoms with Gasteiger partial charge in [0.05, 0.1) is 26.4 Å². The van der Waals surface area contributed by atoms with Crippen LogP contribution in [0.25, 0.3) is 0 Å². The van der Waals surface area contributed by atoms with Crippen LogP contribution in [0.2, 0.25) is 0 Å². The van der Waals surface area contributed by atoms with Crippen molar-refractivity contribution in [3.8, 4) is 0 Å². The lowest BCUT2D eigenvalue weighted by Crippen LogP contribution is -2.30. The van der Waals surface area contributed by atoms with E-state index in [0.29, 0.717) is 25.7 Å². The van der Waals surface area contributed by atoms with Crippen molar-refractivity contribution < 1.29 is 80.2 Å². The predicted molar refractivity (Wildman–Crippen MR) is 390 cm³/mol. The van der Waals surface area contributed by atoms with Crippen LogP contribution in [-0.4, -0.2) is 96.7 Å². The quantitative estimate of drug-likeness (QED) is 0.0169. The number of ether oxygens (including phenoxy) is 4. The lowest BCUT2D eigenvalue weighted by Gasteiger charge is -2.21. The number of hydrogen-bond acceptors (Lipinski definition) is 15. The zero-order chi connectivity index (χ0) is 70.4. The maximum Gasteiger partial charge on any atom is 0.472 e. The average Bonchev–Trinajstić information content (AvgIpc) is 1.13. The molecule has 0 aromatic rings. The largest absolute Gasteiger partial charge is 0.472 e. The van der Waals surface area contributed by atoms with Gasteiger partial charge in [-0.05, 0) is 109 Å². The molecule has 0 aromatic heterocycles. The first kappa shape index (κ1) is 92.5. The molecule has 0 saturated carbocycles. The summed E-state index contributed by atoms with van der Waals surface area (Å²) in [7, 11) is -9.94. The molecule has 0 aliphatic carbocycles. The van der Waals surface area contributed by atoms with Crippen LogP contribution in [0.5, 0.6) is 0 Å². The van der Waals surface area contributed by atoms with Crippen LogP contribution >= 0.6 is 15.6 Å². The number of carbonyl (C=O) groups is 4. The van der Waals surface area contributed by atoms with Crippen molar-refractivity contribution in [3.05, 3.63) is 72.9 Å². The fraction of sp³-hybridized carbons (Fsp3) is 0.792. The summed E-state index contributed by atoms with van der Waals surface area (Å²) in [6.45, 7) is 4.70. The number of phosphoric acid groups is 2. The molecule has 0 rings (SSSR count). The minimum atomic E-state index is -4.97. The van der Waals surface area contributed by atoms with E-state index in [1.54, 1.807) is 0 Å². The van der Waals surface area contributed by atoms with E-state index in [1.165, 1.54) is 83.5 Å². The second-order valence-electron chi connectivity index (χ2n) is 25.6. The van der Waals surface area contributed by atoms with Gasteiger partial charge in [-0.3, -0.25) is 37.3 Å². The molecule has 0 aliphatic rings. The Balaban J connectivity index is 5.30. The van der Waals surface area contributed by atoms with Crippen molar-refractivity contribution in [1.29, 1.82) is 0 Å². The fourth-order valence-corrected chi connectivity index (χ4v) is 11.9. The Hall–Kier alpha value is -3.50. The molecule has 0 aromatic carbocycles. The van der Waals surface area contributed by atoms with Crippen LogP contribution in [0.15, 0.2) is 72.9 Å². The number of esters is 4. The molecule has 0 spiro atoms. The van der Waals surface area contributed by atoms with E-state index in [0.717, 1.165) is 173 Å². The van der Waals surface area contributed by atoms with Gasteiger partial charge in [0, 0.05) is 25.7 Å². The highest BCUT2D eigenvalue weighted by Crippen LogP contribution is 2.45. The maximum absolute atomic E-state index is 13.1. The molecule has 5 unspecified atom stereocenters. The minimum absolute atomic E-state index is 0.0843. The Morgan fingerprint density at radius 1 is 0.302 bits per heavy atom. The number of phosphoric ester groups is 2. The minimum Gasteiger partial charge on any atom is -0.462 e. The SMILES string of the molecule is CC/C=C\C/C=C\C/C=C\CCCCCCCCCC(=O)OCC(COP(=O)(O)OCC(O)COP(=O)(O)OCC(COC(=O)CCCCCCC/C=C\C/C=C\CCCCC)OC(=O)CCCCCCCCCCCCCCC)OC(=O)CCCCCCC/C=C\CCCC. The summed E-state index contributed by atoms with van der Waals surface area (Å²) in [5.41, 5.74) is 0. The Morgan fingerprint density at radius 2 is 0.552 bits per heavy atom. The summed E-state index contributed by atoms with van der Waals surface area (Å²) in [6, 6.07) is 0. The van der Waals surface area contributed by atoms with Gasteiger partial charge in [0.2, 0.25) is 0 Å². The van der Waals surface area contributed by atoms with Gasteiger partial charge in [0.25, 0.3) is 0 Å². The summed E-state index contributed by atoms with van der Waals surface area (Å²) >= 11 is 0. The highest BCUT2D eigenvalue weighted by Gasteiger charge is 2.30. The zero-order valence-corrected chi connectivity index (χ0v) is 62.6. The van der Waals surface area contributed by atoms with Gasteiger partial charge in [-0.1, -0.05) is 274 Å². The maximum atomic E-state index is 13.1. The third-order valence-corrected chi connectivity index (χ3v) is 18.1. The van der Waals surface area contributed by atoms with Crippen LogP contribution in [0.1, 0.15) is 336 Å². The van der Waals surface area contributed by atoms with E-state index >= 15 is 0 Å². The van der Waals surface area contributed by atoms with Crippen molar-refractivity contribution in [2.45, 2.75) is 354 Å². The molecule has 17 nitrogen and oxygen atoms in total. The second kappa shape index (κ2) is 70.0. The summed E-state index contributed by atoms with van der Waals surface area (Å²) in [5, 5.41) is 10.6. The molecule has 0 aliphatic heterocycles. The van der Waals surface area contributed by atoms with Crippen LogP contribution in [0, 0.1) is 0 Å². The van der Waals surface area contributed by atoms with Gasteiger partial charge in [-0.25, -0.2) is 9.13 Å². The van der Waals surface area contributed by atoms with Crippen molar-refractivity contribution >= 4 is 39.5 Å². The van der Waals surface area contributed by atoms with Crippen molar-refractivity contribution in [2.24, 2.45) is 0 Å². The van der Waals surface area contributed by atoms with Gasteiger partial charge in [-0.2, -0.15) is 0 Å². The third kappa shape index (κ3) is 69.0. The van der Waals surface area contributed by atoms with Crippen molar-refractivity contribution in [1.82, 2.24) is 0 Å². The molecule has 0 fully saturated rings. The number of aliphatic hydroxyl groups is 1. The summed E-state index contributed by atoms with van der Waals surface area (Å²) in [5.74, 6) is -2.19. The van der Waals surface area contributed by atoms with Crippen LogP contribution in [-0.2, 0) is 65.4 Å². The van der Waals surface area contributed by atoms with Crippen LogP contribution in [0.4, 0.5) is 0 Å². The molecule has 558 valence electrons. The van der Waals surface area contributed by atoms with Gasteiger partial charge in [0.15, 0.2) is 12.2 Å². The first-order chi connectivity index (χ1) is 46.7. The number of hydrogen-bond donors (Lipinski definition) is 3. The Bertz CT molecular complexity index is 2110. The molecular formula is C77H138O17P2. The summed E-state index contributed by atoms with van der Waals surface area (Å²) < 4.78 is 68.4. The normalized spacial score (nSPS) is 14.4. The third-order valence-electron chi connectivity index (χ3n) is 16.2. The van der Waals surface area contributed by atoms with Gasteiger partial charge in [0.1, 0.15) is 19.3 Å². The standard InChI is InChI=1S/C77H138O17P2/c1-5-9-13-17-21-25-29-32-34-35-37-40-43-46-50-54-58-62-75(80)87-67-72(93-76(81)63-59-55-51-47-41-28-24-20-16-12-8-4)69-91-95(83,84)89-65-71(78)66-90-96(85,86)92-70-73(94-77(82)64-60-56-52-48-44-38-31-27-23-19-15-11-7-3)68-88-74(79)61-57-53-49-45-42-39-36-33-30-26-22-18-14-10-6-2/h9,13,20-22,24-26,32-34,36,71-73,78H,5-8,10-12,14-19,23,27-31,35,37-70H2,1-4H3,(H,83,84)(H,85,86)/b13-9-,24-20-,25-21-,26-22-,34-32-,36-33-. The first-order valence-electron chi connectivity index (χ1n) is 38.2. The Morgan fingerprint density at radius 3 is 0.896 bits per heavy atom. The number of carbonyl (C=O) groups excluding carboxylic acids is 4. The van der Waals surface area contributed by atoms with Gasteiger partial charge >= 0.3 is 39.5 Å². The average molecular weight is 1400 g/mol. The Labute approximate surface area is 583 Å². The second-order valence-corrected chi connectivity index (χ2v) is 28.5. The molecule has 5 atom stereocenters. The topological polar surface area (TPSA) is 237 Å². The van der Waals surface area contributed by atoms with Crippen molar-refractivity contribution in [2.75, 3.05) is 39.6 Å². The van der Waals surface area contributed by atoms with Gasteiger partial charge < -0.3 is 33.8 Å². The Kier molecular flexibility index (Phi) is 67.4. The first-order valence-corrected chi connectivity index (χ1v) is 41.2. The molecule has 0 radical (unpaired) electrons. The van der Waals surface area contributed by atoms with Gasteiger partial charge in [-0.15, -0.1) is 0 Å². The van der Waals surface area contributed by atoms with E-state index < -0.39 is 97.5 Å². The molecule has 0 saturated heterocycles. The molecular weight excluding hydrogens is 1260 g/mol. The highest BCUT2D eigenvalue weighted by atomic mass is 31.2. The lowest BCUT2D eigenvalue weighted by molar-refractivity contribution is -0.161. The molecule has 0 amide bonds.